The summed E-state index contributed by atoms with van der Waals surface area (Å²) in [6, 6.07) is 9.81. The summed E-state index contributed by atoms with van der Waals surface area (Å²) >= 11 is 3.42. The van der Waals surface area contributed by atoms with Crippen LogP contribution in [0.2, 0.25) is 0 Å². The molecule has 0 fully saturated rings. The molecule has 0 spiro atoms. The van der Waals surface area contributed by atoms with E-state index in [2.05, 4.69) is 26.0 Å². The van der Waals surface area contributed by atoms with Gasteiger partial charge in [-0.2, -0.15) is 15.3 Å². The predicted molar refractivity (Wildman–Crippen MR) is 90.1 cm³/mol. The number of nitrogens with zero attached hydrogens (tertiary/aromatic N) is 4. The molecule has 0 amide bonds. The molecule has 114 valence electrons. The fourth-order valence-corrected chi connectivity index (χ4v) is 2.13. The molecule has 0 radical (unpaired) electrons. The van der Waals surface area contributed by atoms with Gasteiger partial charge in [0.2, 0.25) is 11.6 Å². The lowest BCUT2D eigenvalue weighted by Gasteiger charge is -2.13. The number of aromatic nitrogens is 1. The van der Waals surface area contributed by atoms with E-state index in [1.54, 1.807) is 13.3 Å². The molecule has 5 nitrogen and oxygen atoms in total. The van der Waals surface area contributed by atoms with E-state index in [0.29, 0.717) is 11.8 Å². The molecule has 1 aromatic heterocycles. The summed E-state index contributed by atoms with van der Waals surface area (Å²) < 4.78 is 6.69. The minimum atomic E-state index is -0.265. The molecule has 1 heterocycles. The average Bonchev–Trinajstić information content (AvgIpc) is 2.89. The second kappa shape index (κ2) is 6.32. The molecule has 0 bridgehead atoms. The SMILES string of the molecule is CN(N=Cc1cccc(Br)c1)c1oc(C(C)(C)C)nc1C#N. The van der Waals surface area contributed by atoms with Gasteiger partial charge in [0.15, 0.2) is 0 Å². The molecule has 2 rings (SSSR count). The zero-order valence-electron chi connectivity index (χ0n) is 13.0. The largest absolute Gasteiger partial charge is 0.421 e. The fourth-order valence-electron chi connectivity index (χ4n) is 1.72. The van der Waals surface area contributed by atoms with E-state index in [-0.39, 0.29) is 11.1 Å². The lowest BCUT2D eigenvalue weighted by atomic mass is 9.97. The summed E-state index contributed by atoms with van der Waals surface area (Å²) in [5.41, 5.74) is 0.910. The molecule has 0 unspecified atom stereocenters. The highest BCUT2D eigenvalue weighted by molar-refractivity contribution is 9.10. The zero-order chi connectivity index (χ0) is 16.3. The Morgan fingerprint density at radius 3 is 2.73 bits per heavy atom. The van der Waals surface area contributed by atoms with Gasteiger partial charge in [-0.15, -0.1) is 0 Å². The smallest absolute Gasteiger partial charge is 0.254 e. The van der Waals surface area contributed by atoms with Gasteiger partial charge in [0.05, 0.1) is 6.21 Å². The van der Waals surface area contributed by atoms with E-state index in [9.17, 15) is 5.26 Å². The van der Waals surface area contributed by atoms with Gasteiger partial charge < -0.3 is 4.42 Å². The maximum Gasteiger partial charge on any atom is 0.254 e. The Morgan fingerprint density at radius 1 is 1.41 bits per heavy atom. The molecule has 22 heavy (non-hydrogen) atoms. The number of hydrogen-bond donors (Lipinski definition) is 0. The van der Waals surface area contributed by atoms with Crippen molar-refractivity contribution in [1.29, 1.82) is 5.26 Å². The number of hydrazone groups is 1. The second-order valence-electron chi connectivity index (χ2n) is 5.86. The normalized spacial score (nSPS) is 11.6. The van der Waals surface area contributed by atoms with Crippen molar-refractivity contribution in [3.63, 3.8) is 0 Å². The predicted octanol–water partition coefficient (Wildman–Crippen LogP) is 4.08. The monoisotopic (exact) mass is 360 g/mol. The van der Waals surface area contributed by atoms with Gasteiger partial charge in [-0.25, -0.2) is 5.01 Å². The average molecular weight is 361 g/mol. The Labute approximate surface area is 138 Å². The number of benzene rings is 1. The van der Waals surface area contributed by atoms with Crippen LogP contribution in [-0.4, -0.2) is 18.2 Å². The summed E-state index contributed by atoms with van der Waals surface area (Å²) in [5, 5.41) is 15.0. The lowest BCUT2D eigenvalue weighted by Crippen LogP contribution is -2.11. The highest BCUT2D eigenvalue weighted by Gasteiger charge is 2.25. The Kier molecular flexibility index (Phi) is 4.67. The first kappa shape index (κ1) is 16.2. The van der Waals surface area contributed by atoms with Gasteiger partial charge in [-0.3, -0.25) is 0 Å². The number of oxazole rings is 1. The number of nitriles is 1. The van der Waals surface area contributed by atoms with Crippen LogP contribution in [-0.2, 0) is 5.41 Å². The third-order valence-corrected chi connectivity index (χ3v) is 3.37. The molecular weight excluding hydrogens is 344 g/mol. The van der Waals surface area contributed by atoms with Gasteiger partial charge in [0.1, 0.15) is 6.07 Å². The second-order valence-corrected chi connectivity index (χ2v) is 6.77. The van der Waals surface area contributed by atoms with Gasteiger partial charge in [-0.1, -0.05) is 48.8 Å². The van der Waals surface area contributed by atoms with Crippen molar-refractivity contribution in [2.24, 2.45) is 5.10 Å². The molecule has 0 N–H and O–H groups in total. The lowest BCUT2D eigenvalue weighted by molar-refractivity contribution is 0.394. The third-order valence-electron chi connectivity index (χ3n) is 2.88. The van der Waals surface area contributed by atoms with Gasteiger partial charge in [0, 0.05) is 16.9 Å². The van der Waals surface area contributed by atoms with Crippen molar-refractivity contribution < 1.29 is 4.42 Å². The molecule has 0 aliphatic carbocycles. The van der Waals surface area contributed by atoms with E-state index >= 15 is 0 Å². The molecule has 0 atom stereocenters. The number of halogens is 1. The topological polar surface area (TPSA) is 65.4 Å². The number of anilines is 1. The molecular formula is C16H17BrN4O. The van der Waals surface area contributed by atoms with Crippen molar-refractivity contribution >= 4 is 28.0 Å². The summed E-state index contributed by atoms with van der Waals surface area (Å²) in [4.78, 5) is 4.24. The molecule has 2 aromatic rings. The molecule has 0 saturated carbocycles. The summed E-state index contributed by atoms with van der Waals surface area (Å²) in [5.74, 6) is 0.863. The van der Waals surface area contributed by atoms with Crippen molar-refractivity contribution in [3.05, 3.63) is 45.9 Å². The van der Waals surface area contributed by atoms with Gasteiger partial charge >= 0.3 is 0 Å². The van der Waals surface area contributed by atoms with E-state index < -0.39 is 0 Å². The molecule has 0 saturated heterocycles. The van der Waals surface area contributed by atoms with E-state index in [1.165, 1.54) is 5.01 Å². The summed E-state index contributed by atoms with van der Waals surface area (Å²) in [6.07, 6.45) is 1.70. The summed E-state index contributed by atoms with van der Waals surface area (Å²) in [6.45, 7) is 5.94. The minimum absolute atomic E-state index is 0.235. The molecule has 6 heteroatoms. The fraction of sp³-hybridized carbons (Fsp3) is 0.312. The van der Waals surface area contributed by atoms with Crippen LogP contribution in [0.4, 0.5) is 5.88 Å². The maximum atomic E-state index is 9.21. The van der Waals surface area contributed by atoms with Crippen LogP contribution < -0.4 is 5.01 Å². The van der Waals surface area contributed by atoms with Crippen LogP contribution in [0.25, 0.3) is 0 Å². The van der Waals surface area contributed by atoms with E-state index in [1.807, 2.05) is 51.1 Å². The highest BCUT2D eigenvalue weighted by atomic mass is 79.9. The number of hydrogen-bond acceptors (Lipinski definition) is 5. The van der Waals surface area contributed by atoms with Gasteiger partial charge in [-0.05, 0) is 17.7 Å². The standard InChI is InChI=1S/C16H17BrN4O/c1-16(2,3)15-20-13(9-18)14(22-15)21(4)19-10-11-6-5-7-12(17)8-11/h5-8,10H,1-4H3. The first-order valence-electron chi connectivity index (χ1n) is 6.76. The van der Waals surface area contributed by atoms with Crippen LogP contribution >= 0.6 is 15.9 Å². The van der Waals surface area contributed by atoms with Crippen molar-refractivity contribution in [1.82, 2.24) is 4.98 Å². The first-order valence-corrected chi connectivity index (χ1v) is 7.55. The summed E-state index contributed by atoms with van der Waals surface area (Å²) in [7, 11) is 1.72. The van der Waals surface area contributed by atoms with Crippen molar-refractivity contribution in [3.8, 4) is 6.07 Å². The van der Waals surface area contributed by atoms with Crippen molar-refractivity contribution in [2.45, 2.75) is 26.2 Å². The quantitative estimate of drug-likeness (QED) is 0.610. The Morgan fingerprint density at radius 2 is 2.14 bits per heavy atom. The minimum Gasteiger partial charge on any atom is -0.421 e. The Balaban J connectivity index is 2.28. The Hall–Kier alpha value is -2.13. The molecule has 0 aliphatic rings. The molecule has 1 aromatic carbocycles. The van der Waals surface area contributed by atoms with Crippen molar-refractivity contribution in [2.75, 3.05) is 12.1 Å². The zero-order valence-corrected chi connectivity index (χ0v) is 14.5. The van der Waals surface area contributed by atoms with Crippen LogP contribution in [0.5, 0.6) is 0 Å². The van der Waals surface area contributed by atoms with E-state index in [4.69, 9.17) is 4.42 Å². The Bertz CT molecular complexity index is 737. The maximum absolute atomic E-state index is 9.21. The van der Waals surface area contributed by atoms with Crippen LogP contribution in [0, 0.1) is 11.3 Å². The third kappa shape index (κ3) is 3.74. The highest BCUT2D eigenvalue weighted by Crippen LogP contribution is 2.28. The first-order chi connectivity index (χ1) is 10.3. The van der Waals surface area contributed by atoms with E-state index in [0.717, 1.165) is 10.0 Å². The van der Waals surface area contributed by atoms with Crippen LogP contribution in [0.15, 0.2) is 38.3 Å². The molecule has 0 aliphatic heterocycles. The van der Waals surface area contributed by atoms with Crippen LogP contribution in [0.3, 0.4) is 0 Å². The van der Waals surface area contributed by atoms with Gasteiger partial charge in [0.25, 0.3) is 5.88 Å². The van der Waals surface area contributed by atoms with Crippen LogP contribution in [0.1, 0.15) is 37.9 Å². The number of rotatable bonds is 3.